The van der Waals surface area contributed by atoms with Gasteiger partial charge in [-0.05, 0) is 0 Å². The maximum atomic E-state index is 9.98. The molecule has 0 saturated heterocycles. The van der Waals surface area contributed by atoms with Gasteiger partial charge in [0, 0.05) is 11.7 Å². The minimum Gasteiger partial charge on any atom is -0.370 e. The predicted octanol–water partition coefficient (Wildman–Crippen LogP) is 0.180. The zero-order chi connectivity index (χ0) is 5.86. The van der Waals surface area contributed by atoms with E-state index in [1.54, 1.807) is 0 Å². The Morgan fingerprint density at radius 3 is 2.43 bits per heavy atom. The summed E-state index contributed by atoms with van der Waals surface area (Å²) in [5, 5.41) is 0.0949. The summed E-state index contributed by atoms with van der Waals surface area (Å²) in [5.41, 5.74) is 4.81. The van der Waals surface area contributed by atoms with E-state index in [9.17, 15) is 4.79 Å². The third-order valence-corrected chi connectivity index (χ3v) is 0.679. The van der Waals surface area contributed by atoms with Gasteiger partial charge in [0.2, 0.25) is 5.91 Å². The zero-order valence-electron chi connectivity index (χ0n) is 4.22. The maximum Gasteiger partial charge on any atom is 0.218 e. The van der Waals surface area contributed by atoms with Crippen LogP contribution in [0.3, 0.4) is 0 Å². The third-order valence-electron chi connectivity index (χ3n) is 0.497. The van der Waals surface area contributed by atoms with E-state index in [-0.39, 0.29) is 11.2 Å². The fraction of sp³-hybridized carbons (Fsp3) is 0.750. The molecule has 7 heavy (non-hydrogen) atoms. The predicted molar refractivity (Wildman–Crippen MR) is 32.3 cm³/mol. The molecule has 0 bridgehead atoms. The first-order valence-electron chi connectivity index (χ1n) is 2.09. The van der Waals surface area contributed by atoms with Gasteiger partial charge in [0.15, 0.2) is 0 Å². The van der Waals surface area contributed by atoms with Gasteiger partial charge in [-0.1, -0.05) is 6.92 Å². The fourth-order valence-corrected chi connectivity index (χ4v) is 0.471. The molecule has 0 aromatic heterocycles. The van der Waals surface area contributed by atoms with Gasteiger partial charge in [-0.25, -0.2) is 0 Å². The number of primary amides is 1. The van der Waals surface area contributed by atoms with Crippen molar-refractivity contribution in [2.75, 3.05) is 0 Å². The first-order chi connectivity index (χ1) is 3.13. The second-order valence-corrected chi connectivity index (χ2v) is 2.40. The summed E-state index contributed by atoms with van der Waals surface area (Å²) in [5.74, 6) is -0.289. The fourth-order valence-electron chi connectivity index (χ4n) is 0.291. The van der Waals surface area contributed by atoms with E-state index in [1.807, 2.05) is 6.92 Å². The number of carbonyl (C=O) groups is 1. The van der Waals surface area contributed by atoms with Crippen LogP contribution in [0.25, 0.3) is 0 Å². The molecule has 2 N–H and O–H groups in total. The topological polar surface area (TPSA) is 43.1 Å². The lowest BCUT2D eigenvalue weighted by molar-refractivity contribution is -0.117. The summed E-state index contributed by atoms with van der Waals surface area (Å²) in [6, 6.07) is 0. The summed E-state index contributed by atoms with van der Waals surface area (Å²) in [4.78, 5) is 9.98. The molecule has 0 rings (SSSR count). The minimum atomic E-state index is -0.289. The Kier molecular flexibility index (Phi) is 2.83. The molecule has 1 amide bonds. The van der Waals surface area contributed by atoms with Gasteiger partial charge in [0.05, 0.1) is 0 Å². The van der Waals surface area contributed by atoms with Crippen molar-refractivity contribution in [2.24, 2.45) is 5.73 Å². The number of amides is 1. The molecule has 0 aliphatic rings. The number of rotatable bonds is 2. The van der Waals surface area contributed by atoms with E-state index >= 15 is 0 Å². The molecule has 1 atom stereocenters. The molecule has 0 spiro atoms. The van der Waals surface area contributed by atoms with Gasteiger partial charge in [-0.2, -0.15) is 12.6 Å². The molecule has 0 heterocycles. The normalized spacial score (nSPS) is 13.4. The monoisotopic (exact) mass is 119 g/mol. The number of carbonyl (C=O) groups excluding carboxylic acids is 1. The second-order valence-electron chi connectivity index (χ2n) is 1.52. The van der Waals surface area contributed by atoms with Crippen LogP contribution in [0, 0.1) is 0 Å². The van der Waals surface area contributed by atoms with E-state index in [2.05, 4.69) is 12.6 Å². The van der Waals surface area contributed by atoms with Crippen molar-refractivity contribution >= 4 is 18.5 Å². The SMILES string of the molecule is C[C@H](S)CC(N)=O. The number of nitrogens with two attached hydrogens (primary N) is 1. The first kappa shape index (κ1) is 6.82. The molecule has 3 heteroatoms. The van der Waals surface area contributed by atoms with Crippen LogP contribution in [0.1, 0.15) is 13.3 Å². The lowest BCUT2D eigenvalue weighted by atomic mass is 10.3. The molecule has 0 radical (unpaired) electrons. The van der Waals surface area contributed by atoms with E-state index in [1.165, 1.54) is 0 Å². The van der Waals surface area contributed by atoms with Crippen LogP contribution in [-0.4, -0.2) is 11.2 Å². The summed E-state index contributed by atoms with van der Waals surface area (Å²) in [6.07, 6.45) is 0.364. The van der Waals surface area contributed by atoms with E-state index in [0.29, 0.717) is 6.42 Å². The van der Waals surface area contributed by atoms with Gasteiger partial charge >= 0.3 is 0 Å². The smallest absolute Gasteiger partial charge is 0.218 e. The Morgan fingerprint density at radius 2 is 2.43 bits per heavy atom. The highest BCUT2D eigenvalue weighted by molar-refractivity contribution is 7.80. The molecule has 0 aliphatic heterocycles. The molecule has 0 unspecified atom stereocenters. The molecule has 0 aliphatic carbocycles. The average Bonchev–Trinajstić information content (AvgIpc) is 1.27. The Bertz CT molecular complexity index is 72.1. The quantitative estimate of drug-likeness (QED) is 0.500. The second kappa shape index (κ2) is 2.91. The lowest BCUT2D eigenvalue weighted by Gasteiger charge is -1.94. The molecular weight excluding hydrogens is 110 g/mol. The van der Waals surface area contributed by atoms with Crippen LogP contribution < -0.4 is 5.73 Å². The van der Waals surface area contributed by atoms with Crippen LogP contribution >= 0.6 is 12.6 Å². The van der Waals surface area contributed by atoms with Crippen LogP contribution in [0.15, 0.2) is 0 Å². The summed E-state index contributed by atoms with van der Waals surface area (Å²) in [7, 11) is 0. The molecule has 42 valence electrons. The van der Waals surface area contributed by atoms with Crippen molar-refractivity contribution in [3.05, 3.63) is 0 Å². The van der Waals surface area contributed by atoms with Crippen molar-refractivity contribution in [1.82, 2.24) is 0 Å². The highest BCUT2D eigenvalue weighted by Crippen LogP contribution is 1.95. The van der Waals surface area contributed by atoms with Gasteiger partial charge in [-0.3, -0.25) is 4.79 Å². The Labute approximate surface area is 48.5 Å². The van der Waals surface area contributed by atoms with E-state index in [4.69, 9.17) is 5.73 Å². The van der Waals surface area contributed by atoms with Crippen molar-refractivity contribution < 1.29 is 4.79 Å². The maximum absolute atomic E-state index is 9.98. The van der Waals surface area contributed by atoms with Gasteiger partial charge in [-0.15, -0.1) is 0 Å². The van der Waals surface area contributed by atoms with Crippen molar-refractivity contribution in [3.63, 3.8) is 0 Å². The van der Waals surface area contributed by atoms with Crippen molar-refractivity contribution in [3.8, 4) is 0 Å². The van der Waals surface area contributed by atoms with Crippen LogP contribution in [0.4, 0.5) is 0 Å². The van der Waals surface area contributed by atoms with Gasteiger partial charge < -0.3 is 5.73 Å². The van der Waals surface area contributed by atoms with Gasteiger partial charge in [0.1, 0.15) is 0 Å². The first-order valence-corrected chi connectivity index (χ1v) is 2.61. The third kappa shape index (κ3) is 5.82. The molecule has 0 fully saturated rings. The van der Waals surface area contributed by atoms with Crippen LogP contribution in [0.5, 0.6) is 0 Å². The number of thiol groups is 1. The number of hydrogen-bond acceptors (Lipinski definition) is 2. The summed E-state index contributed by atoms with van der Waals surface area (Å²) >= 11 is 3.94. The molecule has 0 aromatic carbocycles. The summed E-state index contributed by atoms with van der Waals surface area (Å²) in [6.45, 7) is 1.83. The van der Waals surface area contributed by atoms with Crippen LogP contribution in [0.2, 0.25) is 0 Å². The average molecular weight is 119 g/mol. The largest absolute Gasteiger partial charge is 0.370 e. The minimum absolute atomic E-state index is 0.0949. The summed E-state index contributed by atoms with van der Waals surface area (Å²) < 4.78 is 0. The highest BCUT2D eigenvalue weighted by Gasteiger charge is 1.97. The van der Waals surface area contributed by atoms with Crippen molar-refractivity contribution in [2.45, 2.75) is 18.6 Å². The van der Waals surface area contributed by atoms with E-state index in [0.717, 1.165) is 0 Å². The molecule has 2 nitrogen and oxygen atoms in total. The Hall–Kier alpha value is -0.180. The molecular formula is C4H9NOS. The molecule has 0 saturated carbocycles. The highest BCUT2D eigenvalue weighted by atomic mass is 32.1. The van der Waals surface area contributed by atoms with E-state index < -0.39 is 0 Å². The number of hydrogen-bond donors (Lipinski definition) is 2. The van der Waals surface area contributed by atoms with Crippen molar-refractivity contribution in [1.29, 1.82) is 0 Å². The standard InChI is InChI=1S/C4H9NOS/c1-3(7)2-4(5)6/h3,7H,2H2,1H3,(H2,5,6)/t3-/m0/s1. The lowest BCUT2D eigenvalue weighted by Crippen LogP contribution is -2.14. The molecule has 0 aromatic rings. The Balaban J connectivity index is 3.13. The zero-order valence-corrected chi connectivity index (χ0v) is 5.11. The van der Waals surface area contributed by atoms with Gasteiger partial charge in [0.25, 0.3) is 0 Å². The Morgan fingerprint density at radius 1 is 2.00 bits per heavy atom. The van der Waals surface area contributed by atoms with Crippen LogP contribution in [-0.2, 0) is 4.79 Å².